The highest BCUT2D eigenvalue weighted by Gasteiger charge is 2.21. The first kappa shape index (κ1) is 11.0. The number of nitrogens with zero attached hydrogens (tertiary/aromatic N) is 1. The van der Waals surface area contributed by atoms with Crippen molar-refractivity contribution < 1.29 is 4.74 Å². The van der Waals surface area contributed by atoms with Crippen molar-refractivity contribution in [1.29, 1.82) is 0 Å². The second kappa shape index (κ2) is 5.63. The molecule has 2 heteroatoms. The van der Waals surface area contributed by atoms with Crippen molar-refractivity contribution in [2.45, 2.75) is 33.6 Å². The molecule has 1 fully saturated rings. The Kier molecular flexibility index (Phi) is 4.44. The van der Waals surface area contributed by atoms with E-state index in [2.05, 4.69) is 4.98 Å². The molecule has 0 unspecified atom stereocenters. The lowest BCUT2D eigenvalue weighted by Gasteiger charge is -2.04. The highest BCUT2D eigenvalue weighted by atomic mass is 16.5. The average Bonchev–Trinajstić information content (AvgIpc) is 3.02. The number of ether oxygens (including phenoxy) is 1. The van der Waals surface area contributed by atoms with Crippen LogP contribution in [-0.2, 0) is 0 Å². The largest absolute Gasteiger partial charge is 0.492 e. The summed E-state index contributed by atoms with van der Waals surface area (Å²) in [6, 6.07) is 2.02. The molecule has 1 saturated carbocycles. The van der Waals surface area contributed by atoms with Gasteiger partial charge in [0.05, 0.1) is 12.8 Å². The summed E-state index contributed by atoms with van der Waals surface area (Å²) in [6.07, 6.45) is 6.28. The van der Waals surface area contributed by atoms with Crippen molar-refractivity contribution in [3.05, 3.63) is 24.0 Å². The van der Waals surface area contributed by atoms with Crippen LogP contribution in [0.1, 0.15) is 32.3 Å². The molecule has 1 heterocycles. The molecule has 2 nitrogen and oxygen atoms in total. The van der Waals surface area contributed by atoms with Crippen LogP contribution >= 0.6 is 0 Å². The van der Waals surface area contributed by atoms with Gasteiger partial charge in [-0.25, -0.2) is 0 Å². The van der Waals surface area contributed by atoms with E-state index in [9.17, 15) is 0 Å². The van der Waals surface area contributed by atoms with Gasteiger partial charge in [0.25, 0.3) is 0 Å². The summed E-state index contributed by atoms with van der Waals surface area (Å²) in [7, 11) is 0. The maximum Gasteiger partial charge on any atom is 0.137 e. The highest BCUT2D eigenvalue weighted by molar-refractivity contribution is 5.22. The SMILES string of the molecule is CC.Cc1cncc(OCC2CC2)c1. The minimum Gasteiger partial charge on any atom is -0.492 e. The lowest BCUT2D eigenvalue weighted by atomic mass is 10.3. The predicted molar refractivity (Wildman–Crippen MR) is 58.5 cm³/mol. The zero-order chi connectivity index (χ0) is 10.4. The van der Waals surface area contributed by atoms with E-state index < -0.39 is 0 Å². The number of aryl methyl sites for hydroxylation is 1. The molecule has 1 aliphatic carbocycles. The van der Waals surface area contributed by atoms with Crippen molar-refractivity contribution >= 4 is 0 Å². The lowest BCUT2D eigenvalue weighted by Crippen LogP contribution is -1.99. The van der Waals surface area contributed by atoms with Crippen LogP contribution in [0.15, 0.2) is 18.5 Å². The molecular formula is C12H19NO. The van der Waals surface area contributed by atoms with Crippen LogP contribution in [0.3, 0.4) is 0 Å². The number of hydrogen-bond acceptors (Lipinski definition) is 2. The first-order valence-electron chi connectivity index (χ1n) is 5.39. The molecule has 0 saturated heterocycles. The van der Waals surface area contributed by atoms with Gasteiger partial charge in [-0.1, -0.05) is 13.8 Å². The van der Waals surface area contributed by atoms with Crippen LogP contribution in [0.2, 0.25) is 0 Å². The van der Waals surface area contributed by atoms with Gasteiger partial charge >= 0.3 is 0 Å². The molecular weight excluding hydrogens is 174 g/mol. The molecule has 78 valence electrons. The maximum absolute atomic E-state index is 5.55. The number of pyridine rings is 1. The van der Waals surface area contributed by atoms with Crippen LogP contribution in [0.25, 0.3) is 0 Å². The molecule has 1 aliphatic rings. The maximum atomic E-state index is 5.55. The molecule has 0 radical (unpaired) electrons. The molecule has 0 amide bonds. The fraction of sp³-hybridized carbons (Fsp3) is 0.583. The van der Waals surface area contributed by atoms with E-state index in [1.165, 1.54) is 12.8 Å². The third-order valence-electron chi connectivity index (χ3n) is 2.03. The van der Waals surface area contributed by atoms with Crippen molar-refractivity contribution in [2.24, 2.45) is 5.92 Å². The van der Waals surface area contributed by atoms with Crippen molar-refractivity contribution in [3.8, 4) is 5.75 Å². The Morgan fingerprint density at radius 1 is 1.36 bits per heavy atom. The van der Waals surface area contributed by atoms with E-state index in [1.54, 1.807) is 6.20 Å². The van der Waals surface area contributed by atoms with E-state index in [0.717, 1.165) is 23.8 Å². The fourth-order valence-electron chi connectivity index (χ4n) is 1.10. The van der Waals surface area contributed by atoms with Crippen LogP contribution < -0.4 is 4.74 Å². The van der Waals surface area contributed by atoms with Gasteiger partial charge in [0.2, 0.25) is 0 Å². The zero-order valence-corrected chi connectivity index (χ0v) is 9.29. The first-order valence-corrected chi connectivity index (χ1v) is 5.39. The summed E-state index contributed by atoms with van der Waals surface area (Å²) in [6.45, 7) is 6.89. The minimum absolute atomic E-state index is 0.811. The zero-order valence-electron chi connectivity index (χ0n) is 9.29. The van der Waals surface area contributed by atoms with E-state index in [0.29, 0.717) is 0 Å². The molecule has 2 rings (SSSR count). The Bertz CT molecular complexity index is 269. The Balaban J connectivity index is 0.000000461. The van der Waals surface area contributed by atoms with E-state index >= 15 is 0 Å². The number of aromatic nitrogens is 1. The molecule has 0 bridgehead atoms. The Morgan fingerprint density at radius 2 is 2.07 bits per heavy atom. The number of hydrogen-bond donors (Lipinski definition) is 0. The third kappa shape index (κ3) is 3.77. The lowest BCUT2D eigenvalue weighted by molar-refractivity contribution is 0.298. The summed E-state index contributed by atoms with van der Waals surface area (Å²) >= 11 is 0. The summed E-state index contributed by atoms with van der Waals surface area (Å²) in [4.78, 5) is 4.06. The second-order valence-corrected chi connectivity index (χ2v) is 3.45. The fourth-order valence-corrected chi connectivity index (χ4v) is 1.10. The normalized spacial score (nSPS) is 14.2. The molecule has 0 N–H and O–H groups in total. The monoisotopic (exact) mass is 193 g/mol. The topological polar surface area (TPSA) is 22.1 Å². The Hall–Kier alpha value is -1.05. The van der Waals surface area contributed by atoms with Crippen LogP contribution in [0.5, 0.6) is 5.75 Å². The van der Waals surface area contributed by atoms with Gasteiger partial charge in [0.1, 0.15) is 5.75 Å². The van der Waals surface area contributed by atoms with Gasteiger partial charge in [-0.3, -0.25) is 4.98 Å². The summed E-state index contributed by atoms with van der Waals surface area (Å²) in [5.41, 5.74) is 1.16. The van der Waals surface area contributed by atoms with Gasteiger partial charge in [0, 0.05) is 6.20 Å². The average molecular weight is 193 g/mol. The van der Waals surface area contributed by atoms with Crippen LogP contribution in [-0.4, -0.2) is 11.6 Å². The van der Waals surface area contributed by atoms with Gasteiger partial charge in [-0.2, -0.15) is 0 Å². The van der Waals surface area contributed by atoms with E-state index in [-0.39, 0.29) is 0 Å². The smallest absolute Gasteiger partial charge is 0.137 e. The second-order valence-electron chi connectivity index (χ2n) is 3.45. The molecule has 1 aromatic heterocycles. The molecule has 0 aliphatic heterocycles. The molecule has 0 atom stereocenters. The molecule has 1 aromatic rings. The number of rotatable bonds is 3. The van der Waals surface area contributed by atoms with Gasteiger partial charge in [-0.05, 0) is 37.3 Å². The minimum atomic E-state index is 0.811. The molecule has 14 heavy (non-hydrogen) atoms. The van der Waals surface area contributed by atoms with Crippen LogP contribution in [0.4, 0.5) is 0 Å². The highest BCUT2D eigenvalue weighted by Crippen LogP contribution is 2.29. The Labute approximate surface area is 86.3 Å². The van der Waals surface area contributed by atoms with E-state index in [4.69, 9.17) is 4.74 Å². The Morgan fingerprint density at radius 3 is 2.64 bits per heavy atom. The van der Waals surface area contributed by atoms with Crippen molar-refractivity contribution in [1.82, 2.24) is 4.98 Å². The van der Waals surface area contributed by atoms with Gasteiger partial charge < -0.3 is 4.74 Å². The first-order chi connectivity index (χ1) is 6.84. The summed E-state index contributed by atoms with van der Waals surface area (Å²) < 4.78 is 5.55. The van der Waals surface area contributed by atoms with Crippen LogP contribution in [0, 0.1) is 12.8 Å². The van der Waals surface area contributed by atoms with E-state index in [1.807, 2.05) is 33.0 Å². The van der Waals surface area contributed by atoms with Gasteiger partial charge in [0.15, 0.2) is 0 Å². The van der Waals surface area contributed by atoms with Gasteiger partial charge in [-0.15, -0.1) is 0 Å². The third-order valence-corrected chi connectivity index (χ3v) is 2.03. The van der Waals surface area contributed by atoms with Crippen molar-refractivity contribution in [3.63, 3.8) is 0 Å². The summed E-state index contributed by atoms with van der Waals surface area (Å²) in [5.74, 6) is 1.72. The standard InChI is InChI=1S/C10H13NO.C2H6/c1-8-4-10(6-11-5-8)12-7-9-2-3-9;1-2/h4-6,9H,2-3,7H2,1H3;1-2H3. The molecule has 0 aromatic carbocycles. The summed E-state index contributed by atoms with van der Waals surface area (Å²) in [5, 5.41) is 0. The molecule has 0 spiro atoms. The van der Waals surface area contributed by atoms with Crippen molar-refractivity contribution in [2.75, 3.05) is 6.61 Å². The quantitative estimate of drug-likeness (QED) is 0.735. The predicted octanol–water partition coefficient (Wildman–Crippen LogP) is 3.21.